The second-order valence-corrected chi connectivity index (χ2v) is 7.30. The lowest BCUT2D eigenvalue weighted by Gasteiger charge is -2.17. The molecule has 0 bridgehead atoms. The molecule has 1 amide bonds. The van der Waals surface area contributed by atoms with Gasteiger partial charge in [0, 0.05) is 32.0 Å². The maximum absolute atomic E-state index is 12.4. The van der Waals surface area contributed by atoms with Crippen LogP contribution in [0.25, 0.3) is 11.1 Å². The van der Waals surface area contributed by atoms with Crippen LogP contribution in [0.2, 0.25) is 0 Å². The number of carbonyl (C=O) groups is 1. The summed E-state index contributed by atoms with van der Waals surface area (Å²) >= 11 is 0. The predicted octanol–water partition coefficient (Wildman–Crippen LogP) is 3.43. The molecule has 2 N–H and O–H groups in total. The van der Waals surface area contributed by atoms with Gasteiger partial charge < -0.3 is 19.9 Å². The Labute approximate surface area is 177 Å². The van der Waals surface area contributed by atoms with Gasteiger partial charge in [-0.05, 0) is 49.1 Å². The number of nitrogens with zero attached hydrogens (tertiary/aromatic N) is 1. The second-order valence-electron chi connectivity index (χ2n) is 7.30. The molecule has 0 spiro atoms. The van der Waals surface area contributed by atoms with Gasteiger partial charge in [-0.2, -0.15) is 0 Å². The molecule has 168 valence electrons. The SMILES string of the molecule is Cc1cc(-c2ccc(NC(=O)C3CCCO3)c(NCCOC(F)(F)F)c2)cn(C)c1=O. The third kappa shape index (κ3) is 6.08. The highest BCUT2D eigenvalue weighted by Gasteiger charge is 2.28. The number of amides is 1. The summed E-state index contributed by atoms with van der Waals surface area (Å²) in [5.41, 5.74) is 2.77. The zero-order valence-electron chi connectivity index (χ0n) is 17.2. The number of rotatable bonds is 7. The van der Waals surface area contributed by atoms with Gasteiger partial charge in [0.1, 0.15) is 6.10 Å². The highest BCUT2D eigenvalue weighted by atomic mass is 19.4. The van der Waals surface area contributed by atoms with Crippen molar-refractivity contribution in [2.24, 2.45) is 7.05 Å². The van der Waals surface area contributed by atoms with E-state index < -0.39 is 19.1 Å². The lowest BCUT2D eigenvalue weighted by molar-refractivity contribution is -0.322. The number of benzene rings is 1. The number of halogens is 3. The number of pyridine rings is 1. The fourth-order valence-electron chi connectivity index (χ4n) is 3.36. The van der Waals surface area contributed by atoms with E-state index in [2.05, 4.69) is 15.4 Å². The zero-order valence-corrected chi connectivity index (χ0v) is 17.2. The molecule has 0 radical (unpaired) electrons. The number of anilines is 2. The molecule has 1 aromatic heterocycles. The number of hydrogen-bond donors (Lipinski definition) is 2. The van der Waals surface area contributed by atoms with Crippen molar-refractivity contribution >= 4 is 17.3 Å². The molecule has 1 fully saturated rings. The lowest BCUT2D eigenvalue weighted by atomic mass is 10.0. The lowest BCUT2D eigenvalue weighted by Crippen LogP contribution is -2.27. The number of nitrogens with one attached hydrogen (secondary N) is 2. The first-order valence-corrected chi connectivity index (χ1v) is 9.83. The van der Waals surface area contributed by atoms with E-state index in [1.165, 1.54) is 4.57 Å². The number of aryl methyl sites for hydroxylation is 2. The molecule has 1 atom stereocenters. The van der Waals surface area contributed by atoms with Crippen LogP contribution in [0.5, 0.6) is 0 Å². The third-order valence-electron chi connectivity index (χ3n) is 4.88. The Balaban J connectivity index is 1.85. The average molecular weight is 439 g/mol. The molecule has 1 aromatic carbocycles. The number of hydrogen-bond acceptors (Lipinski definition) is 5. The third-order valence-corrected chi connectivity index (χ3v) is 4.88. The summed E-state index contributed by atoms with van der Waals surface area (Å²) in [7, 11) is 1.64. The van der Waals surface area contributed by atoms with Gasteiger partial charge in [0.05, 0.1) is 18.0 Å². The van der Waals surface area contributed by atoms with E-state index >= 15 is 0 Å². The summed E-state index contributed by atoms with van der Waals surface area (Å²) in [6.45, 7) is 1.50. The van der Waals surface area contributed by atoms with Crippen molar-refractivity contribution in [1.82, 2.24) is 4.57 Å². The summed E-state index contributed by atoms with van der Waals surface area (Å²) < 4.78 is 47.4. The van der Waals surface area contributed by atoms with Crippen LogP contribution in [0.1, 0.15) is 18.4 Å². The monoisotopic (exact) mass is 439 g/mol. The van der Waals surface area contributed by atoms with Crippen LogP contribution in [-0.2, 0) is 21.3 Å². The summed E-state index contributed by atoms with van der Waals surface area (Å²) in [5.74, 6) is -0.308. The first kappa shape index (κ1) is 22.8. The Bertz CT molecular complexity index is 972. The van der Waals surface area contributed by atoms with Gasteiger partial charge in [0.25, 0.3) is 11.5 Å². The molecule has 2 heterocycles. The van der Waals surface area contributed by atoms with Gasteiger partial charge in [-0.25, -0.2) is 0 Å². The largest absolute Gasteiger partial charge is 0.522 e. The van der Waals surface area contributed by atoms with Crippen molar-refractivity contribution in [2.45, 2.75) is 32.2 Å². The molecular formula is C21H24F3N3O4. The number of aromatic nitrogens is 1. The van der Waals surface area contributed by atoms with Crippen LogP contribution >= 0.6 is 0 Å². The number of carbonyl (C=O) groups excluding carboxylic acids is 1. The number of alkyl halides is 3. The summed E-state index contributed by atoms with van der Waals surface area (Å²) in [5, 5.41) is 5.66. The number of ether oxygens (including phenoxy) is 2. The predicted molar refractivity (Wildman–Crippen MR) is 110 cm³/mol. The van der Waals surface area contributed by atoms with Crippen molar-refractivity contribution in [3.63, 3.8) is 0 Å². The minimum atomic E-state index is -4.72. The van der Waals surface area contributed by atoms with E-state index in [9.17, 15) is 22.8 Å². The van der Waals surface area contributed by atoms with Gasteiger partial charge in [-0.15, -0.1) is 13.2 Å². The van der Waals surface area contributed by atoms with Gasteiger partial charge in [-0.1, -0.05) is 6.07 Å². The van der Waals surface area contributed by atoms with E-state index in [-0.39, 0.29) is 18.0 Å². The van der Waals surface area contributed by atoms with Crippen molar-refractivity contribution in [3.05, 3.63) is 46.4 Å². The van der Waals surface area contributed by atoms with Gasteiger partial charge in [0.15, 0.2) is 0 Å². The maximum atomic E-state index is 12.4. The van der Waals surface area contributed by atoms with E-state index in [1.54, 1.807) is 44.4 Å². The fourth-order valence-corrected chi connectivity index (χ4v) is 3.36. The minimum absolute atomic E-state index is 0.119. The van der Waals surface area contributed by atoms with Crippen molar-refractivity contribution in [2.75, 3.05) is 30.4 Å². The molecule has 1 aliphatic rings. The Morgan fingerprint density at radius 1 is 1.26 bits per heavy atom. The highest BCUT2D eigenvalue weighted by molar-refractivity contribution is 5.97. The maximum Gasteiger partial charge on any atom is 0.522 e. The summed E-state index contributed by atoms with van der Waals surface area (Å²) in [6.07, 6.45) is -2.18. The first-order chi connectivity index (χ1) is 14.6. The molecular weight excluding hydrogens is 415 g/mol. The van der Waals surface area contributed by atoms with Gasteiger partial charge in [-0.3, -0.25) is 14.3 Å². The molecule has 3 rings (SSSR count). The topological polar surface area (TPSA) is 81.6 Å². The summed E-state index contributed by atoms with van der Waals surface area (Å²) in [6, 6.07) is 6.87. The van der Waals surface area contributed by atoms with Crippen LogP contribution in [0.4, 0.5) is 24.5 Å². The standard InChI is InChI=1S/C21H24F3N3O4/c1-13-10-15(12-27(2)20(13)29)14-5-6-16(26-19(28)18-4-3-8-30-18)17(11-14)25-7-9-31-21(22,23)24/h5-6,10-12,18,25H,3-4,7-9H2,1-2H3,(H,26,28). The van der Waals surface area contributed by atoms with Crippen LogP contribution in [-0.4, -0.2) is 42.7 Å². The van der Waals surface area contributed by atoms with Crippen LogP contribution in [0, 0.1) is 6.92 Å². The molecule has 1 aliphatic heterocycles. The molecule has 10 heteroatoms. The molecule has 31 heavy (non-hydrogen) atoms. The molecule has 0 aliphatic carbocycles. The Kier molecular flexibility index (Phi) is 7.01. The zero-order chi connectivity index (χ0) is 22.6. The van der Waals surface area contributed by atoms with Crippen LogP contribution < -0.4 is 16.2 Å². The smallest absolute Gasteiger partial charge is 0.381 e. The van der Waals surface area contributed by atoms with E-state index in [1.807, 2.05) is 0 Å². The van der Waals surface area contributed by atoms with Crippen LogP contribution in [0.15, 0.2) is 35.3 Å². The van der Waals surface area contributed by atoms with E-state index in [0.717, 1.165) is 17.5 Å². The molecule has 0 saturated carbocycles. The quantitative estimate of drug-likeness (QED) is 0.646. The van der Waals surface area contributed by atoms with Crippen molar-refractivity contribution < 1.29 is 27.4 Å². The Hall–Kier alpha value is -2.85. The molecule has 1 unspecified atom stereocenters. The average Bonchev–Trinajstić information content (AvgIpc) is 3.24. The molecule has 2 aromatic rings. The van der Waals surface area contributed by atoms with Crippen LogP contribution in [0.3, 0.4) is 0 Å². The fraction of sp³-hybridized carbons (Fsp3) is 0.429. The molecule has 7 nitrogen and oxygen atoms in total. The van der Waals surface area contributed by atoms with Crippen molar-refractivity contribution in [3.8, 4) is 11.1 Å². The van der Waals surface area contributed by atoms with E-state index in [4.69, 9.17) is 4.74 Å². The van der Waals surface area contributed by atoms with Crippen molar-refractivity contribution in [1.29, 1.82) is 0 Å². The second kappa shape index (κ2) is 9.52. The Morgan fingerprint density at radius 3 is 2.68 bits per heavy atom. The Morgan fingerprint density at radius 2 is 2.03 bits per heavy atom. The highest BCUT2D eigenvalue weighted by Crippen LogP contribution is 2.30. The van der Waals surface area contributed by atoms with Gasteiger partial charge in [0.2, 0.25) is 0 Å². The minimum Gasteiger partial charge on any atom is -0.381 e. The molecule has 1 saturated heterocycles. The normalized spacial score (nSPS) is 16.4. The first-order valence-electron chi connectivity index (χ1n) is 9.83. The van der Waals surface area contributed by atoms with Gasteiger partial charge >= 0.3 is 6.36 Å². The van der Waals surface area contributed by atoms with E-state index in [0.29, 0.717) is 30.0 Å². The summed E-state index contributed by atoms with van der Waals surface area (Å²) in [4.78, 5) is 24.4.